The summed E-state index contributed by atoms with van der Waals surface area (Å²) in [6, 6.07) is 2.47. The van der Waals surface area contributed by atoms with E-state index in [-0.39, 0.29) is 11.3 Å². The van der Waals surface area contributed by atoms with Gasteiger partial charge in [-0.1, -0.05) is 6.07 Å². The Morgan fingerprint density at radius 3 is 2.63 bits per heavy atom. The van der Waals surface area contributed by atoms with Crippen LogP contribution in [0, 0.1) is 0 Å². The molecule has 146 valence electrons. The third-order valence-corrected chi connectivity index (χ3v) is 4.15. The van der Waals surface area contributed by atoms with Crippen LogP contribution in [-0.4, -0.2) is 28.1 Å². The molecule has 1 saturated heterocycles. The van der Waals surface area contributed by atoms with Crippen LogP contribution in [-0.2, 0) is 10.9 Å². The van der Waals surface area contributed by atoms with Crippen molar-refractivity contribution in [2.24, 2.45) is 0 Å². The van der Waals surface area contributed by atoms with Gasteiger partial charge in [0.15, 0.2) is 0 Å². The predicted octanol–water partition coefficient (Wildman–Crippen LogP) is 4.28. The molecular formula is C18H19F3N2O4. The summed E-state index contributed by atoms with van der Waals surface area (Å²) in [5, 5.41) is -0.254. The number of alkyl halides is 3. The first kappa shape index (κ1) is 19.2. The summed E-state index contributed by atoms with van der Waals surface area (Å²) in [5.74, 6) is -0.215. The second-order valence-corrected chi connectivity index (χ2v) is 7.37. The predicted molar refractivity (Wildman–Crippen MR) is 90.2 cm³/mol. The van der Waals surface area contributed by atoms with E-state index in [0.717, 1.165) is 12.1 Å². The first-order valence-electron chi connectivity index (χ1n) is 8.48. The lowest BCUT2D eigenvalue weighted by atomic mass is 10.1. The van der Waals surface area contributed by atoms with Gasteiger partial charge in [0.2, 0.25) is 5.89 Å². The highest BCUT2D eigenvalue weighted by molar-refractivity contribution is 5.81. The van der Waals surface area contributed by atoms with E-state index in [9.17, 15) is 22.8 Å². The number of hydrogen-bond acceptors (Lipinski definition) is 5. The molecule has 1 aromatic carbocycles. The Bertz CT molecular complexity index is 931. The van der Waals surface area contributed by atoms with Gasteiger partial charge in [-0.2, -0.15) is 13.2 Å². The lowest BCUT2D eigenvalue weighted by Gasteiger charge is -2.27. The van der Waals surface area contributed by atoms with Crippen molar-refractivity contribution < 1.29 is 27.1 Å². The van der Waals surface area contributed by atoms with Crippen molar-refractivity contribution in [3.05, 3.63) is 40.1 Å². The quantitative estimate of drug-likeness (QED) is 0.734. The molecule has 1 fully saturated rings. The fraction of sp³-hybridized carbons (Fsp3) is 0.500. The van der Waals surface area contributed by atoms with E-state index >= 15 is 0 Å². The van der Waals surface area contributed by atoms with Gasteiger partial charge >= 0.3 is 17.9 Å². The highest BCUT2D eigenvalue weighted by Crippen LogP contribution is 2.36. The van der Waals surface area contributed by atoms with Crippen molar-refractivity contribution in [3.63, 3.8) is 0 Å². The molecular weight excluding hydrogens is 365 g/mol. The summed E-state index contributed by atoms with van der Waals surface area (Å²) in [6.45, 7) is 5.46. The zero-order chi connectivity index (χ0) is 20.0. The molecule has 27 heavy (non-hydrogen) atoms. The van der Waals surface area contributed by atoms with Crippen molar-refractivity contribution in [1.82, 2.24) is 9.88 Å². The average molecular weight is 384 g/mol. The molecule has 1 aliphatic heterocycles. The Balaban J connectivity index is 2.06. The third kappa shape index (κ3) is 3.91. The van der Waals surface area contributed by atoms with Crippen LogP contribution in [0.25, 0.3) is 10.9 Å². The number of fused-ring (bicyclic) bond motifs is 1. The summed E-state index contributed by atoms with van der Waals surface area (Å²) in [4.78, 5) is 29.9. The van der Waals surface area contributed by atoms with E-state index in [1.807, 2.05) is 0 Å². The standard InChI is InChI=1S/C18H19F3N2O4/c1-17(2,3)27-16(25)23-9-5-8-12(23)14-22-13-10(15(24)26-14)6-4-7-11(13)18(19,20)21/h4,6-7,12H,5,8-9H2,1-3H3/t12-/m0/s1. The number of hydrogen-bond donors (Lipinski definition) is 0. The molecule has 1 atom stereocenters. The van der Waals surface area contributed by atoms with Gasteiger partial charge in [0.1, 0.15) is 11.6 Å². The van der Waals surface area contributed by atoms with E-state index < -0.39 is 40.6 Å². The number of carbonyl (C=O) groups is 1. The molecule has 2 aromatic rings. The number of carbonyl (C=O) groups excluding carboxylic acids is 1. The molecule has 0 aliphatic carbocycles. The number of amides is 1. The Morgan fingerprint density at radius 1 is 1.30 bits per heavy atom. The number of likely N-dealkylation sites (tertiary alicyclic amines) is 1. The van der Waals surface area contributed by atoms with Crippen LogP contribution in [0.5, 0.6) is 0 Å². The number of halogens is 3. The van der Waals surface area contributed by atoms with Crippen molar-refractivity contribution in [2.75, 3.05) is 6.54 Å². The zero-order valence-electron chi connectivity index (χ0n) is 15.1. The smallest absolute Gasteiger partial charge is 0.418 e. The van der Waals surface area contributed by atoms with Gasteiger partial charge in [-0.3, -0.25) is 4.90 Å². The van der Waals surface area contributed by atoms with Crippen LogP contribution in [0.15, 0.2) is 27.4 Å². The summed E-state index contributed by atoms with van der Waals surface area (Å²) in [5.41, 5.74) is -3.15. The molecule has 3 rings (SSSR count). The van der Waals surface area contributed by atoms with Crippen molar-refractivity contribution in [1.29, 1.82) is 0 Å². The Kier molecular flexibility index (Phi) is 4.65. The van der Waals surface area contributed by atoms with Crippen molar-refractivity contribution in [3.8, 4) is 0 Å². The molecule has 0 spiro atoms. The maximum absolute atomic E-state index is 13.3. The van der Waals surface area contributed by atoms with E-state index in [0.29, 0.717) is 19.4 Å². The molecule has 1 amide bonds. The Labute approximate surface area is 152 Å². The summed E-state index contributed by atoms with van der Waals surface area (Å²) >= 11 is 0. The number of para-hydroxylation sites is 1. The van der Waals surface area contributed by atoms with E-state index in [1.165, 1.54) is 11.0 Å². The average Bonchev–Trinajstić information content (AvgIpc) is 3.01. The summed E-state index contributed by atoms with van der Waals surface area (Å²) in [7, 11) is 0. The molecule has 0 bridgehead atoms. The molecule has 0 radical (unpaired) electrons. The van der Waals surface area contributed by atoms with Crippen LogP contribution in [0.2, 0.25) is 0 Å². The summed E-state index contributed by atoms with van der Waals surface area (Å²) < 4.78 is 50.4. The SMILES string of the molecule is CC(C)(C)OC(=O)N1CCC[C@H]1c1nc2c(C(F)(F)F)cccc2c(=O)o1. The van der Waals surface area contributed by atoms with Crippen LogP contribution in [0.1, 0.15) is 51.1 Å². The van der Waals surface area contributed by atoms with Crippen LogP contribution < -0.4 is 5.63 Å². The van der Waals surface area contributed by atoms with Crippen LogP contribution >= 0.6 is 0 Å². The highest BCUT2D eigenvalue weighted by atomic mass is 19.4. The zero-order valence-corrected chi connectivity index (χ0v) is 15.1. The minimum Gasteiger partial charge on any atom is -0.444 e. The lowest BCUT2D eigenvalue weighted by molar-refractivity contribution is -0.136. The van der Waals surface area contributed by atoms with Gasteiger partial charge in [-0.05, 0) is 45.7 Å². The van der Waals surface area contributed by atoms with E-state index in [2.05, 4.69) is 4.98 Å². The molecule has 2 heterocycles. The minimum absolute atomic E-state index is 0.215. The second-order valence-electron chi connectivity index (χ2n) is 7.37. The second kappa shape index (κ2) is 6.54. The molecule has 0 N–H and O–H groups in total. The van der Waals surface area contributed by atoms with Crippen LogP contribution in [0.3, 0.4) is 0 Å². The van der Waals surface area contributed by atoms with E-state index in [4.69, 9.17) is 9.15 Å². The normalized spacial score (nSPS) is 18.1. The van der Waals surface area contributed by atoms with Crippen molar-refractivity contribution in [2.45, 2.75) is 51.4 Å². The number of ether oxygens (including phenoxy) is 1. The van der Waals surface area contributed by atoms with Gasteiger partial charge < -0.3 is 9.15 Å². The van der Waals surface area contributed by atoms with E-state index in [1.54, 1.807) is 20.8 Å². The lowest BCUT2D eigenvalue weighted by Crippen LogP contribution is -2.36. The molecule has 1 aliphatic rings. The van der Waals surface area contributed by atoms with Gasteiger partial charge in [0, 0.05) is 6.54 Å². The van der Waals surface area contributed by atoms with Gasteiger partial charge in [-0.15, -0.1) is 0 Å². The molecule has 6 nitrogen and oxygen atoms in total. The first-order chi connectivity index (χ1) is 12.5. The number of nitrogens with zero attached hydrogens (tertiary/aromatic N) is 2. The largest absolute Gasteiger partial charge is 0.444 e. The highest BCUT2D eigenvalue weighted by Gasteiger charge is 2.38. The van der Waals surface area contributed by atoms with Gasteiger partial charge in [0.25, 0.3) is 0 Å². The molecule has 0 saturated carbocycles. The number of aromatic nitrogens is 1. The van der Waals surface area contributed by atoms with Gasteiger partial charge in [-0.25, -0.2) is 14.6 Å². The van der Waals surface area contributed by atoms with Crippen molar-refractivity contribution >= 4 is 17.0 Å². The Hall–Kier alpha value is -2.58. The maximum atomic E-state index is 13.3. The maximum Gasteiger partial charge on any atom is 0.418 e. The Morgan fingerprint density at radius 2 is 2.00 bits per heavy atom. The first-order valence-corrected chi connectivity index (χ1v) is 8.48. The van der Waals surface area contributed by atoms with Crippen LogP contribution in [0.4, 0.5) is 18.0 Å². The number of benzene rings is 1. The molecule has 1 aromatic heterocycles. The fourth-order valence-electron chi connectivity index (χ4n) is 3.05. The topological polar surface area (TPSA) is 72.6 Å². The molecule has 9 heteroatoms. The number of rotatable bonds is 1. The summed E-state index contributed by atoms with van der Waals surface area (Å²) in [6.07, 6.45) is -4.29. The molecule has 0 unspecified atom stereocenters. The fourth-order valence-corrected chi connectivity index (χ4v) is 3.05. The third-order valence-electron chi connectivity index (χ3n) is 4.15. The monoisotopic (exact) mass is 384 g/mol. The minimum atomic E-state index is -4.67. The van der Waals surface area contributed by atoms with Gasteiger partial charge in [0.05, 0.1) is 16.5 Å².